The Balaban J connectivity index is 1.49. The zero-order chi connectivity index (χ0) is 17.5. The van der Waals surface area contributed by atoms with Crippen LogP contribution in [0.4, 0.5) is 0 Å². The lowest BCUT2D eigenvalue weighted by Gasteiger charge is -2.32. The first-order chi connectivity index (χ1) is 12.2. The fraction of sp³-hybridized carbons (Fsp3) is 0.333. The number of hydrogen-bond donors (Lipinski definition) is 1. The van der Waals surface area contributed by atoms with Crippen molar-refractivity contribution in [2.24, 2.45) is 0 Å². The molecule has 7 heteroatoms. The van der Waals surface area contributed by atoms with Crippen LogP contribution in [-0.4, -0.2) is 52.4 Å². The average molecular weight is 340 g/mol. The molecule has 0 radical (unpaired) electrons. The molecule has 1 aliphatic rings. The van der Waals surface area contributed by atoms with Gasteiger partial charge in [0, 0.05) is 24.5 Å². The molecule has 0 aliphatic carbocycles. The highest BCUT2D eigenvalue weighted by atomic mass is 16.5. The molecule has 2 amide bonds. The highest BCUT2D eigenvalue weighted by Gasteiger charge is 2.25. The van der Waals surface area contributed by atoms with Crippen LogP contribution in [0.3, 0.4) is 0 Å². The quantitative estimate of drug-likeness (QED) is 0.886. The van der Waals surface area contributed by atoms with Gasteiger partial charge in [-0.05, 0) is 25.0 Å². The summed E-state index contributed by atoms with van der Waals surface area (Å²) in [4.78, 5) is 34.2. The van der Waals surface area contributed by atoms with Gasteiger partial charge in [-0.3, -0.25) is 14.6 Å². The molecule has 3 rings (SSSR count). The van der Waals surface area contributed by atoms with Gasteiger partial charge in [-0.1, -0.05) is 18.2 Å². The van der Waals surface area contributed by atoms with Crippen molar-refractivity contribution in [1.82, 2.24) is 20.2 Å². The van der Waals surface area contributed by atoms with Gasteiger partial charge in [-0.15, -0.1) is 0 Å². The van der Waals surface area contributed by atoms with Gasteiger partial charge in [0.05, 0.1) is 19.3 Å². The summed E-state index contributed by atoms with van der Waals surface area (Å²) in [6.07, 6.45) is 6.30. The third kappa shape index (κ3) is 4.76. The van der Waals surface area contributed by atoms with E-state index >= 15 is 0 Å². The molecule has 2 aromatic rings. The van der Waals surface area contributed by atoms with Gasteiger partial charge in [-0.2, -0.15) is 0 Å². The Hall–Kier alpha value is -2.96. The highest BCUT2D eigenvalue weighted by Crippen LogP contribution is 2.15. The molecule has 1 aliphatic heterocycles. The summed E-state index contributed by atoms with van der Waals surface area (Å²) in [5, 5.41) is 2.67. The number of amides is 2. The minimum absolute atomic E-state index is 0.0222. The predicted molar refractivity (Wildman–Crippen MR) is 91.0 cm³/mol. The molecule has 0 spiro atoms. The molecule has 2 heterocycles. The molecular formula is C18H20N4O3. The first kappa shape index (κ1) is 16.9. The molecule has 1 atom stereocenters. The summed E-state index contributed by atoms with van der Waals surface area (Å²) in [6, 6.07) is 8.84. The minimum Gasteiger partial charge on any atom is -0.471 e. The zero-order valence-electron chi connectivity index (χ0n) is 13.8. The van der Waals surface area contributed by atoms with E-state index < -0.39 is 0 Å². The predicted octanol–water partition coefficient (Wildman–Crippen LogP) is 1.28. The Morgan fingerprint density at radius 1 is 1.24 bits per heavy atom. The molecule has 1 N–H and O–H groups in total. The molecule has 1 saturated heterocycles. The maximum atomic E-state index is 12.4. The third-order valence-electron chi connectivity index (χ3n) is 3.99. The van der Waals surface area contributed by atoms with Gasteiger partial charge >= 0.3 is 0 Å². The molecular weight excluding hydrogens is 320 g/mol. The molecule has 7 nitrogen and oxygen atoms in total. The maximum Gasteiger partial charge on any atom is 0.251 e. The van der Waals surface area contributed by atoms with E-state index in [1.165, 1.54) is 0 Å². The van der Waals surface area contributed by atoms with E-state index in [2.05, 4.69) is 15.3 Å². The second kappa shape index (κ2) is 8.23. The van der Waals surface area contributed by atoms with Gasteiger partial charge in [0.25, 0.3) is 5.91 Å². The van der Waals surface area contributed by atoms with Gasteiger partial charge in [0.15, 0.2) is 0 Å². The summed E-state index contributed by atoms with van der Waals surface area (Å²) in [5.74, 6) is 0.0919. The second-order valence-electron chi connectivity index (χ2n) is 5.81. The van der Waals surface area contributed by atoms with Crippen LogP contribution >= 0.6 is 0 Å². The normalized spacial score (nSPS) is 17.0. The Morgan fingerprint density at radius 3 is 2.84 bits per heavy atom. The second-order valence-corrected chi connectivity index (χ2v) is 5.81. The summed E-state index contributed by atoms with van der Waals surface area (Å²) >= 11 is 0. The van der Waals surface area contributed by atoms with Crippen LogP contribution in [-0.2, 0) is 4.79 Å². The molecule has 130 valence electrons. The van der Waals surface area contributed by atoms with Gasteiger partial charge in [0.2, 0.25) is 11.8 Å². The largest absolute Gasteiger partial charge is 0.471 e. The minimum atomic E-state index is -0.252. The summed E-state index contributed by atoms with van der Waals surface area (Å²) in [7, 11) is 0. The van der Waals surface area contributed by atoms with Crippen LogP contribution in [0.15, 0.2) is 48.9 Å². The van der Waals surface area contributed by atoms with E-state index in [0.29, 0.717) is 24.5 Å². The van der Waals surface area contributed by atoms with Gasteiger partial charge < -0.3 is 15.0 Å². The monoisotopic (exact) mass is 340 g/mol. The van der Waals surface area contributed by atoms with Gasteiger partial charge in [0.1, 0.15) is 6.10 Å². The number of rotatable bonds is 5. The lowest BCUT2D eigenvalue weighted by atomic mass is 10.1. The summed E-state index contributed by atoms with van der Waals surface area (Å²) < 4.78 is 5.78. The van der Waals surface area contributed by atoms with Gasteiger partial charge in [-0.25, -0.2) is 4.98 Å². The van der Waals surface area contributed by atoms with Crippen LogP contribution in [0.5, 0.6) is 5.88 Å². The van der Waals surface area contributed by atoms with E-state index in [0.717, 1.165) is 12.8 Å². The number of benzene rings is 1. The number of likely N-dealkylation sites (tertiary alicyclic amines) is 1. The SMILES string of the molecule is O=C(NCC(=O)N1CCCC(Oc2cnccn2)C1)c1ccccc1. The Bertz CT molecular complexity index is 709. The molecule has 0 bridgehead atoms. The van der Waals surface area contributed by atoms with Crippen molar-refractivity contribution in [1.29, 1.82) is 0 Å². The topological polar surface area (TPSA) is 84.4 Å². The Labute approximate surface area is 146 Å². The molecule has 25 heavy (non-hydrogen) atoms. The number of carbonyl (C=O) groups is 2. The summed E-state index contributed by atoms with van der Waals surface area (Å²) in [6.45, 7) is 1.13. The van der Waals surface area contributed by atoms with Crippen molar-refractivity contribution in [3.05, 3.63) is 54.5 Å². The van der Waals surface area contributed by atoms with Crippen LogP contribution in [0.1, 0.15) is 23.2 Å². The number of hydrogen-bond acceptors (Lipinski definition) is 5. The number of nitrogens with zero attached hydrogens (tertiary/aromatic N) is 3. The molecule has 1 aromatic carbocycles. The van der Waals surface area contributed by atoms with E-state index in [9.17, 15) is 9.59 Å². The Kier molecular flexibility index (Phi) is 5.56. The average Bonchev–Trinajstić information content (AvgIpc) is 2.67. The molecule has 1 aromatic heterocycles. The van der Waals surface area contributed by atoms with Crippen molar-refractivity contribution in [3.63, 3.8) is 0 Å². The van der Waals surface area contributed by atoms with E-state index in [1.807, 2.05) is 6.07 Å². The zero-order valence-corrected chi connectivity index (χ0v) is 13.8. The lowest BCUT2D eigenvalue weighted by molar-refractivity contribution is -0.132. The smallest absolute Gasteiger partial charge is 0.251 e. The highest BCUT2D eigenvalue weighted by molar-refractivity contribution is 5.96. The van der Waals surface area contributed by atoms with Crippen molar-refractivity contribution in [3.8, 4) is 5.88 Å². The number of aromatic nitrogens is 2. The Morgan fingerprint density at radius 2 is 2.08 bits per heavy atom. The standard InChI is InChI=1S/C18H20N4O3/c23-17(12-21-18(24)14-5-2-1-3-6-14)22-10-4-7-15(13-22)25-16-11-19-8-9-20-16/h1-3,5-6,8-9,11,15H,4,7,10,12-13H2,(H,21,24). The van der Waals surface area contributed by atoms with E-state index in [1.54, 1.807) is 47.8 Å². The first-order valence-corrected chi connectivity index (χ1v) is 8.26. The van der Waals surface area contributed by atoms with Crippen molar-refractivity contribution in [2.75, 3.05) is 19.6 Å². The molecule has 1 fully saturated rings. The number of nitrogens with one attached hydrogen (secondary N) is 1. The fourth-order valence-corrected chi connectivity index (χ4v) is 2.74. The van der Waals surface area contributed by atoms with Crippen LogP contribution in [0, 0.1) is 0 Å². The van der Waals surface area contributed by atoms with Crippen LogP contribution in [0.25, 0.3) is 0 Å². The van der Waals surface area contributed by atoms with Crippen LogP contribution in [0.2, 0.25) is 0 Å². The number of piperidine rings is 1. The molecule has 0 saturated carbocycles. The van der Waals surface area contributed by atoms with Crippen LogP contribution < -0.4 is 10.1 Å². The van der Waals surface area contributed by atoms with E-state index in [4.69, 9.17) is 4.74 Å². The lowest BCUT2D eigenvalue weighted by Crippen LogP contribution is -2.48. The van der Waals surface area contributed by atoms with E-state index in [-0.39, 0.29) is 24.5 Å². The number of ether oxygens (including phenoxy) is 1. The fourth-order valence-electron chi connectivity index (χ4n) is 2.74. The maximum absolute atomic E-state index is 12.4. The van der Waals surface area contributed by atoms with Crippen molar-refractivity contribution < 1.29 is 14.3 Å². The first-order valence-electron chi connectivity index (χ1n) is 8.26. The van der Waals surface area contributed by atoms with Crippen molar-refractivity contribution >= 4 is 11.8 Å². The van der Waals surface area contributed by atoms with Crippen molar-refractivity contribution in [2.45, 2.75) is 18.9 Å². The summed E-state index contributed by atoms with van der Waals surface area (Å²) in [5.41, 5.74) is 0.540. The third-order valence-corrected chi connectivity index (χ3v) is 3.99. The molecule has 1 unspecified atom stereocenters. The number of carbonyl (C=O) groups excluding carboxylic acids is 2.